The van der Waals surface area contributed by atoms with Crippen molar-refractivity contribution in [2.24, 2.45) is 17.1 Å². The maximum atomic E-state index is 12.0. The summed E-state index contributed by atoms with van der Waals surface area (Å²) in [6.45, 7) is 10.5. The first kappa shape index (κ1) is 17.9. The van der Waals surface area contributed by atoms with Crippen molar-refractivity contribution in [1.82, 2.24) is 4.90 Å². The third-order valence-corrected chi connectivity index (χ3v) is 3.01. The van der Waals surface area contributed by atoms with Gasteiger partial charge in [-0.3, -0.25) is 4.79 Å². The molecule has 112 valence electrons. The van der Waals surface area contributed by atoms with Gasteiger partial charge in [0.05, 0.1) is 13.7 Å². The molecule has 0 aromatic rings. The van der Waals surface area contributed by atoms with Crippen LogP contribution in [0.3, 0.4) is 0 Å². The maximum absolute atomic E-state index is 12.0. The van der Waals surface area contributed by atoms with Crippen LogP contribution in [-0.2, 0) is 14.3 Å². The van der Waals surface area contributed by atoms with Crippen LogP contribution in [0.25, 0.3) is 0 Å². The first-order chi connectivity index (χ1) is 8.64. The van der Waals surface area contributed by atoms with Crippen LogP contribution < -0.4 is 5.73 Å². The number of carbonyl (C=O) groups excluding carboxylic acids is 2. The van der Waals surface area contributed by atoms with Gasteiger partial charge in [-0.05, 0) is 17.8 Å². The summed E-state index contributed by atoms with van der Waals surface area (Å²) >= 11 is 0. The van der Waals surface area contributed by atoms with Crippen molar-refractivity contribution in [1.29, 1.82) is 0 Å². The topological polar surface area (TPSA) is 72.6 Å². The van der Waals surface area contributed by atoms with Gasteiger partial charge in [-0.1, -0.05) is 34.6 Å². The molecule has 5 heteroatoms. The van der Waals surface area contributed by atoms with Crippen molar-refractivity contribution >= 4 is 11.9 Å². The summed E-state index contributed by atoms with van der Waals surface area (Å²) in [4.78, 5) is 25.4. The number of esters is 1. The van der Waals surface area contributed by atoms with E-state index in [2.05, 4.69) is 20.8 Å². The molecule has 0 aliphatic carbocycles. The van der Waals surface area contributed by atoms with E-state index in [-0.39, 0.29) is 29.8 Å². The highest BCUT2D eigenvalue weighted by Crippen LogP contribution is 2.21. The van der Waals surface area contributed by atoms with Crippen LogP contribution >= 0.6 is 0 Å². The molecular weight excluding hydrogens is 244 g/mol. The van der Waals surface area contributed by atoms with E-state index in [1.807, 2.05) is 13.8 Å². The zero-order valence-electron chi connectivity index (χ0n) is 13.0. The minimum absolute atomic E-state index is 0.0112. The van der Waals surface area contributed by atoms with Gasteiger partial charge in [-0.25, -0.2) is 4.79 Å². The summed E-state index contributed by atoms with van der Waals surface area (Å²) in [5, 5.41) is 0. The molecule has 0 aromatic heterocycles. The molecule has 0 aliphatic heterocycles. The smallest absolute Gasteiger partial charge is 0.328 e. The number of nitrogens with two attached hydrogens (primary N) is 1. The van der Waals surface area contributed by atoms with E-state index in [1.165, 1.54) is 7.11 Å². The lowest BCUT2D eigenvalue weighted by Crippen LogP contribution is -2.51. The van der Waals surface area contributed by atoms with Gasteiger partial charge < -0.3 is 15.4 Å². The minimum Gasteiger partial charge on any atom is -0.467 e. The van der Waals surface area contributed by atoms with Crippen molar-refractivity contribution in [2.45, 2.75) is 47.1 Å². The zero-order valence-corrected chi connectivity index (χ0v) is 13.0. The van der Waals surface area contributed by atoms with Gasteiger partial charge >= 0.3 is 5.97 Å². The monoisotopic (exact) mass is 272 g/mol. The maximum Gasteiger partial charge on any atom is 0.328 e. The Balaban J connectivity index is 5.08. The number of ether oxygens (including phenoxy) is 1. The summed E-state index contributed by atoms with van der Waals surface area (Å²) < 4.78 is 4.81. The lowest BCUT2D eigenvalue weighted by atomic mass is 9.91. The van der Waals surface area contributed by atoms with E-state index in [0.29, 0.717) is 6.54 Å². The first-order valence-corrected chi connectivity index (χ1v) is 6.71. The largest absolute Gasteiger partial charge is 0.467 e. The van der Waals surface area contributed by atoms with E-state index < -0.39 is 6.04 Å². The number of hydrogen-bond donors (Lipinski definition) is 1. The SMILES string of the molecule is COC(=O)C(C(C)C)N(CCC(C)(C)C)C(=O)CN. The summed E-state index contributed by atoms with van der Waals surface area (Å²) in [5.74, 6) is -0.609. The number of methoxy groups -OCH3 is 1. The van der Waals surface area contributed by atoms with Gasteiger partial charge in [-0.15, -0.1) is 0 Å². The number of amides is 1. The lowest BCUT2D eigenvalue weighted by molar-refractivity contribution is -0.154. The Morgan fingerprint density at radius 2 is 1.79 bits per heavy atom. The molecule has 1 atom stereocenters. The molecule has 0 saturated carbocycles. The molecule has 5 nitrogen and oxygen atoms in total. The molecule has 0 radical (unpaired) electrons. The number of nitrogens with zero attached hydrogens (tertiary/aromatic N) is 1. The van der Waals surface area contributed by atoms with Crippen molar-refractivity contribution in [2.75, 3.05) is 20.2 Å². The fourth-order valence-electron chi connectivity index (χ4n) is 1.87. The van der Waals surface area contributed by atoms with Crippen molar-refractivity contribution < 1.29 is 14.3 Å². The molecule has 19 heavy (non-hydrogen) atoms. The number of carbonyl (C=O) groups is 2. The third kappa shape index (κ3) is 6.05. The summed E-state index contributed by atoms with van der Waals surface area (Å²) in [5.41, 5.74) is 5.54. The van der Waals surface area contributed by atoms with E-state index in [1.54, 1.807) is 4.90 Å². The van der Waals surface area contributed by atoms with Gasteiger partial charge in [0.25, 0.3) is 0 Å². The molecule has 0 heterocycles. The molecular formula is C14H28N2O3. The van der Waals surface area contributed by atoms with E-state index in [4.69, 9.17) is 10.5 Å². The van der Waals surface area contributed by atoms with Crippen molar-refractivity contribution in [3.63, 3.8) is 0 Å². The Labute approximate surface area is 116 Å². The van der Waals surface area contributed by atoms with Crippen molar-refractivity contribution in [3.8, 4) is 0 Å². The van der Waals surface area contributed by atoms with Gasteiger partial charge in [0.2, 0.25) is 5.91 Å². The Hall–Kier alpha value is -1.10. The highest BCUT2D eigenvalue weighted by atomic mass is 16.5. The van der Waals surface area contributed by atoms with Crippen LogP contribution in [0.1, 0.15) is 41.0 Å². The fourth-order valence-corrected chi connectivity index (χ4v) is 1.87. The van der Waals surface area contributed by atoms with Crippen molar-refractivity contribution in [3.05, 3.63) is 0 Å². The highest BCUT2D eigenvalue weighted by molar-refractivity contribution is 5.85. The van der Waals surface area contributed by atoms with Gasteiger partial charge in [0.1, 0.15) is 6.04 Å². The molecule has 0 bridgehead atoms. The molecule has 0 spiro atoms. The standard InChI is InChI=1S/C14H28N2O3/c1-10(2)12(13(18)19-6)16(11(17)9-15)8-7-14(3,4)5/h10,12H,7-9,15H2,1-6H3. The lowest BCUT2D eigenvalue weighted by Gasteiger charge is -2.34. The van der Waals surface area contributed by atoms with Crippen LogP contribution in [-0.4, -0.2) is 43.0 Å². The molecule has 0 aromatic carbocycles. The molecule has 1 amide bonds. The second kappa shape index (κ2) is 7.48. The average Bonchev–Trinajstić information content (AvgIpc) is 2.30. The average molecular weight is 272 g/mol. The van der Waals surface area contributed by atoms with Gasteiger partial charge in [-0.2, -0.15) is 0 Å². The first-order valence-electron chi connectivity index (χ1n) is 6.71. The Kier molecular flexibility index (Phi) is 7.05. The molecule has 1 unspecified atom stereocenters. The third-order valence-electron chi connectivity index (χ3n) is 3.01. The molecule has 2 N–H and O–H groups in total. The van der Waals surface area contributed by atoms with Crippen LogP contribution in [0.2, 0.25) is 0 Å². The summed E-state index contributed by atoms with van der Waals surface area (Å²) in [6.07, 6.45) is 0.805. The highest BCUT2D eigenvalue weighted by Gasteiger charge is 2.33. The zero-order chi connectivity index (χ0) is 15.2. The van der Waals surface area contributed by atoms with Crippen LogP contribution in [0.15, 0.2) is 0 Å². The van der Waals surface area contributed by atoms with E-state index >= 15 is 0 Å². The predicted molar refractivity (Wildman–Crippen MR) is 75.5 cm³/mol. The molecule has 0 fully saturated rings. The molecule has 0 aliphatic rings. The summed E-state index contributed by atoms with van der Waals surface area (Å²) in [7, 11) is 1.34. The number of rotatable bonds is 6. The second-order valence-corrected chi connectivity index (χ2v) is 6.31. The number of hydrogen-bond acceptors (Lipinski definition) is 4. The minimum atomic E-state index is -0.566. The fraction of sp³-hybridized carbons (Fsp3) is 0.857. The van der Waals surface area contributed by atoms with Crippen LogP contribution in [0.5, 0.6) is 0 Å². The predicted octanol–water partition coefficient (Wildman–Crippen LogP) is 1.41. The quantitative estimate of drug-likeness (QED) is 0.742. The van der Waals surface area contributed by atoms with Gasteiger partial charge in [0, 0.05) is 6.54 Å². The normalized spacial score (nSPS) is 13.3. The van der Waals surface area contributed by atoms with E-state index in [0.717, 1.165) is 6.42 Å². The Bertz CT molecular complexity index is 308. The summed E-state index contributed by atoms with van der Waals surface area (Å²) in [6, 6.07) is -0.566. The van der Waals surface area contributed by atoms with Gasteiger partial charge in [0.15, 0.2) is 0 Å². The van der Waals surface area contributed by atoms with Crippen LogP contribution in [0, 0.1) is 11.3 Å². The Morgan fingerprint density at radius 3 is 2.11 bits per heavy atom. The van der Waals surface area contributed by atoms with Crippen LogP contribution in [0.4, 0.5) is 0 Å². The Morgan fingerprint density at radius 1 is 1.26 bits per heavy atom. The second-order valence-electron chi connectivity index (χ2n) is 6.31. The molecule has 0 rings (SSSR count). The van der Waals surface area contributed by atoms with E-state index in [9.17, 15) is 9.59 Å². The molecule has 0 saturated heterocycles.